The van der Waals surface area contributed by atoms with Gasteiger partial charge in [-0.25, -0.2) is 4.98 Å². The number of aromatic nitrogens is 1. The summed E-state index contributed by atoms with van der Waals surface area (Å²) in [7, 11) is 1.78. The maximum absolute atomic E-state index is 11.4. The lowest BCUT2D eigenvalue weighted by Crippen LogP contribution is -2.36. The normalized spacial score (nSPS) is 15.5. The van der Waals surface area contributed by atoms with Crippen LogP contribution in [-0.2, 0) is 9.53 Å². The van der Waals surface area contributed by atoms with Crippen LogP contribution in [-0.4, -0.2) is 43.7 Å². The highest BCUT2D eigenvalue weighted by molar-refractivity contribution is 7.14. The van der Waals surface area contributed by atoms with E-state index in [4.69, 9.17) is 10.5 Å². The molecule has 0 unspecified atom stereocenters. The minimum atomic E-state index is -0.231. The standard InChI is InChI=1S/C17H22N4O2S/c1-23-14-5-7-21(8-6-14)13-4-2-3-12(9-13)15-11-24-17(19-15)20-16(22)10-18/h2-4,9,11,14H,5-8,10,18H2,1H3,(H,19,20,22). The number of hydrogen-bond donors (Lipinski definition) is 2. The SMILES string of the molecule is COC1CCN(c2cccc(-c3csc(NC(=O)CN)n3)c2)CC1. The number of carbonyl (C=O) groups excluding carboxylic acids is 1. The lowest BCUT2D eigenvalue weighted by molar-refractivity contribution is -0.114. The van der Waals surface area contributed by atoms with Crippen LogP contribution in [0.25, 0.3) is 11.3 Å². The minimum Gasteiger partial charge on any atom is -0.381 e. The number of piperidine rings is 1. The Morgan fingerprint density at radius 1 is 1.46 bits per heavy atom. The first-order valence-electron chi connectivity index (χ1n) is 8.03. The van der Waals surface area contributed by atoms with Gasteiger partial charge in [0.1, 0.15) is 0 Å². The van der Waals surface area contributed by atoms with Crippen molar-refractivity contribution in [3.05, 3.63) is 29.6 Å². The average Bonchev–Trinajstić information content (AvgIpc) is 3.10. The number of carbonyl (C=O) groups is 1. The Labute approximate surface area is 145 Å². The van der Waals surface area contributed by atoms with Gasteiger partial charge < -0.3 is 20.7 Å². The van der Waals surface area contributed by atoms with Crippen molar-refractivity contribution in [3.8, 4) is 11.3 Å². The van der Waals surface area contributed by atoms with E-state index in [9.17, 15) is 4.79 Å². The number of anilines is 2. The van der Waals surface area contributed by atoms with E-state index in [2.05, 4.69) is 27.3 Å². The number of rotatable bonds is 5. The van der Waals surface area contributed by atoms with E-state index in [1.165, 1.54) is 17.0 Å². The number of hydrogen-bond acceptors (Lipinski definition) is 6. The van der Waals surface area contributed by atoms with E-state index in [-0.39, 0.29) is 12.5 Å². The molecule has 2 aromatic rings. The van der Waals surface area contributed by atoms with Crippen molar-refractivity contribution >= 4 is 28.1 Å². The Hall–Kier alpha value is -1.96. The molecule has 0 spiro atoms. The minimum absolute atomic E-state index is 0.0399. The molecule has 3 N–H and O–H groups in total. The van der Waals surface area contributed by atoms with Gasteiger partial charge in [0.25, 0.3) is 0 Å². The molecule has 1 aromatic heterocycles. The molecule has 1 aliphatic rings. The molecular weight excluding hydrogens is 324 g/mol. The number of nitrogens with one attached hydrogen (secondary N) is 1. The maximum atomic E-state index is 11.4. The second-order valence-electron chi connectivity index (χ2n) is 5.76. The first-order chi connectivity index (χ1) is 11.7. The number of amides is 1. The van der Waals surface area contributed by atoms with Crippen LogP contribution in [0.15, 0.2) is 29.6 Å². The molecule has 7 heteroatoms. The molecule has 0 radical (unpaired) electrons. The van der Waals surface area contributed by atoms with Crippen molar-refractivity contribution in [3.63, 3.8) is 0 Å². The zero-order chi connectivity index (χ0) is 16.9. The summed E-state index contributed by atoms with van der Waals surface area (Å²) in [4.78, 5) is 18.2. The molecule has 24 heavy (non-hydrogen) atoms. The largest absolute Gasteiger partial charge is 0.381 e. The highest BCUT2D eigenvalue weighted by Crippen LogP contribution is 2.29. The van der Waals surface area contributed by atoms with E-state index in [0.29, 0.717) is 11.2 Å². The van der Waals surface area contributed by atoms with E-state index < -0.39 is 0 Å². The molecule has 0 atom stereocenters. The summed E-state index contributed by atoms with van der Waals surface area (Å²) in [6, 6.07) is 8.36. The Morgan fingerprint density at radius 3 is 2.96 bits per heavy atom. The van der Waals surface area contributed by atoms with Gasteiger partial charge in [-0.2, -0.15) is 0 Å². The van der Waals surface area contributed by atoms with Crippen molar-refractivity contribution in [1.82, 2.24) is 4.98 Å². The van der Waals surface area contributed by atoms with Crippen LogP contribution in [0.1, 0.15) is 12.8 Å². The summed E-state index contributed by atoms with van der Waals surface area (Å²) in [5.41, 5.74) is 8.42. The molecule has 1 amide bonds. The van der Waals surface area contributed by atoms with Gasteiger partial charge in [0.2, 0.25) is 5.91 Å². The quantitative estimate of drug-likeness (QED) is 0.868. The highest BCUT2D eigenvalue weighted by atomic mass is 32.1. The van der Waals surface area contributed by atoms with Crippen LogP contribution >= 0.6 is 11.3 Å². The predicted octanol–water partition coefficient (Wildman–Crippen LogP) is 2.32. The fourth-order valence-corrected chi connectivity index (χ4v) is 3.58. The first-order valence-corrected chi connectivity index (χ1v) is 8.91. The Balaban J connectivity index is 1.72. The third kappa shape index (κ3) is 3.92. The zero-order valence-corrected chi connectivity index (χ0v) is 14.5. The fourth-order valence-electron chi connectivity index (χ4n) is 2.85. The molecule has 0 saturated carbocycles. The third-order valence-electron chi connectivity index (χ3n) is 4.22. The number of nitrogens with two attached hydrogens (primary N) is 1. The van der Waals surface area contributed by atoms with E-state index in [1.807, 2.05) is 17.5 Å². The van der Waals surface area contributed by atoms with Gasteiger partial charge >= 0.3 is 0 Å². The number of thiazole rings is 1. The Kier molecular flexibility index (Phi) is 5.44. The number of methoxy groups -OCH3 is 1. The van der Waals surface area contributed by atoms with Crippen molar-refractivity contribution in [2.45, 2.75) is 18.9 Å². The summed E-state index contributed by atoms with van der Waals surface area (Å²) >= 11 is 1.40. The van der Waals surface area contributed by atoms with Gasteiger partial charge in [0.15, 0.2) is 5.13 Å². The molecule has 0 aliphatic carbocycles. The smallest absolute Gasteiger partial charge is 0.239 e. The number of nitrogens with zero attached hydrogens (tertiary/aromatic N) is 2. The van der Waals surface area contributed by atoms with Crippen molar-refractivity contribution in [2.75, 3.05) is 37.0 Å². The molecule has 2 heterocycles. The predicted molar refractivity (Wildman–Crippen MR) is 97.5 cm³/mol. The fraction of sp³-hybridized carbons (Fsp3) is 0.412. The molecule has 1 fully saturated rings. The van der Waals surface area contributed by atoms with E-state index in [0.717, 1.165) is 37.2 Å². The lowest BCUT2D eigenvalue weighted by atomic mass is 10.1. The van der Waals surface area contributed by atoms with Gasteiger partial charge in [-0.3, -0.25) is 4.79 Å². The molecule has 1 saturated heterocycles. The van der Waals surface area contributed by atoms with Crippen molar-refractivity contribution in [1.29, 1.82) is 0 Å². The van der Waals surface area contributed by atoms with Crippen LogP contribution in [0.5, 0.6) is 0 Å². The van der Waals surface area contributed by atoms with Crippen LogP contribution < -0.4 is 16.0 Å². The van der Waals surface area contributed by atoms with Crippen LogP contribution in [0.4, 0.5) is 10.8 Å². The molecule has 1 aromatic carbocycles. The third-order valence-corrected chi connectivity index (χ3v) is 4.98. The lowest BCUT2D eigenvalue weighted by Gasteiger charge is -2.33. The monoisotopic (exact) mass is 346 g/mol. The summed E-state index contributed by atoms with van der Waals surface area (Å²) in [6.45, 7) is 1.95. The molecule has 3 rings (SSSR count). The zero-order valence-electron chi connectivity index (χ0n) is 13.7. The molecule has 6 nitrogen and oxygen atoms in total. The number of ether oxygens (including phenoxy) is 1. The van der Waals surface area contributed by atoms with Gasteiger partial charge in [-0.1, -0.05) is 12.1 Å². The maximum Gasteiger partial charge on any atom is 0.239 e. The van der Waals surface area contributed by atoms with E-state index in [1.54, 1.807) is 7.11 Å². The summed E-state index contributed by atoms with van der Waals surface area (Å²) < 4.78 is 5.43. The molecule has 0 bridgehead atoms. The van der Waals surface area contributed by atoms with Gasteiger partial charge in [-0.05, 0) is 25.0 Å². The summed E-state index contributed by atoms with van der Waals surface area (Å²) in [5.74, 6) is -0.231. The van der Waals surface area contributed by atoms with E-state index >= 15 is 0 Å². The average molecular weight is 346 g/mol. The van der Waals surface area contributed by atoms with Crippen LogP contribution in [0.2, 0.25) is 0 Å². The topological polar surface area (TPSA) is 80.5 Å². The van der Waals surface area contributed by atoms with Gasteiger partial charge in [-0.15, -0.1) is 11.3 Å². The van der Waals surface area contributed by atoms with Crippen molar-refractivity contribution < 1.29 is 9.53 Å². The molecule has 128 valence electrons. The van der Waals surface area contributed by atoms with Gasteiger partial charge in [0, 0.05) is 36.8 Å². The van der Waals surface area contributed by atoms with Crippen LogP contribution in [0.3, 0.4) is 0 Å². The summed E-state index contributed by atoms with van der Waals surface area (Å²) in [5, 5.41) is 5.21. The Morgan fingerprint density at radius 2 is 2.25 bits per heavy atom. The second kappa shape index (κ2) is 7.74. The molecule has 1 aliphatic heterocycles. The van der Waals surface area contributed by atoms with Gasteiger partial charge in [0.05, 0.1) is 18.3 Å². The summed E-state index contributed by atoms with van der Waals surface area (Å²) in [6.07, 6.45) is 2.47. The Bertz CT molecular complexity index is 695. The highest BCUT2D eigenvalue weighted by Gasteiger charge is 2.19. The van der Waals surface area contributed by atoms with Crippen molar-refractivity contribution in [2.24, 2.45) is 5.73 Å². The number of benzene rings is 1. The second-order valence-corrected chi connectivity index (χ2v) is 6.62. The molecular formula is C17H22N4O2S. The first kappa shape index (κ1) is 16.9. The van der Waals surface area contributed by atoms with Crippen LogP contribution in [0, 0.1) is 0 Å².